The van der Waals surface area contributed by atoms with Crippen molar-refractivity contribution >= 4 is 34.7 Å². The van der Waals surface area contributed by atoms with E-state index in [1.54, 1.807) is 17.8 Å². The Hall–Kier alpha value is -2.37. The summed E-state index contributed by atoms with van der Waals surface area (Å²) in [6.45, 7) is 0.477. The fourth-order valence-corrected chi connectivity index (χ4v) is 3.33. The summed E-state index contributed by atoms with van der Waals surface area (Å²) < 4.78 is 13.4. The molecular weight excluding hydrogens is 359 g/mol. The van der Waals surface area contributed by atoms with E-state index in [2.05, 4.69) is 5.32 Å². The van der Waals surface area contributed by atoms with Gasteiger partial charge in [0.25, 0.3) is 0 Å². The molecule has 0 spiro atoms. The predicted molar refractivity (Wildman–Crippen MR) is 102 cm³/mol. The van der Waals surface area contributed by atoms with Gasteiger partial charge in [-0.1, -0.05) is 23.4 Å². The Morgan fingerprint density at radius 1 is 1.04 bits per heavy atom. The molecule has 6 heteroatoms. The third kappa shape index (κ3) is 4.59. The smallest absolute Gasteiger partial charge is 0.166 e. The number of phenolic OH excluding ortho intramolecular Hbond substituents is 1. The Labute approximate surface area is 154 Å². The zero-order chi connectivity index (χ0) is 17.8. The number of nitrogens with two attached hydrogens (primary N) is 1. The molecular formula is C19H16ClFN2OS. The highest BCUT2D eigenvalue weighted by atomic mass is 35.5. The van der Waals surface area contributed by atoms with Gasteiger partial charge in [0.1, 0.15) is 0 Å². The van der Waals surface area contributed by atoms with Gasteiger partial charge in [0.2, 0.25) is 0 Å². The predicted octanol–water partition coefficient (Wildman–Crippen LogP) is 5.53. The molecule has 0 saturated carbocycles. The highest BCUT2D eigenvalue weighted by Gasteiger charge is 2.07. The summed E-state index contributed by atoms with van der Waals surface area (Å²) in [6, 6.07) is 17.5. The number of hydrogen-bond acceptors (Lipinski definition) is 4. The quantitative estimate of drug-likeness (QED) is 0.406. The first-order valence-electron chi connectivity index (χ1n) is 7.55. The van der Waals surface area contributed by atoms with E-state index in [9.17, 15) is 9.50 Å². The maximum atomic E-state index is 13.4. The van der Waals surface area contributed by atoms with Crippen molar-refractivity contribution in [3.63, 3.8) is 0 Å². The molecule has 3 nitrogen and oxygen atoms in total. The standard InChI is InChI=1S/C19H16ClFN2OS/c20-13-1-5-16(6-2-13)25-19-8-3-14(22)9-12(19)11-23-15-4-7-18(24)17(21)10-15/h1-10,23-24H,11,22H2. The van der Waals surface area contributed by atoms with E-state index in [4.69, 9.17) is 17.3 Å². The van der Waals surface area contributed by atoms with Crippen molar-refractivity contribution in [1.29, 1.82) is 0 Å². The monoisotopic (exact) mass is 374 g/mol. The maximum Gasteiger partial charge on any atom is 0.166 e. The summed E-state index contributed by atoms with van der Waals surface area (Å²) >= 11 is 7.53. The molecule has 0 aliphatic carbocycles. The topological polar surface area (TPSA) is 58.3 Å². The highest BCUT2D eigenvalue weighted by Crippen LogP contribution is 2.33. The van der Waals surface area contributed by atoms with Crippen LogP contribution in [0.2, 0.25) is 5.02 Å². The minimum Gasteiger partial charge on any atom is -0.505 e. The second-order valence-electron chi connectivity index (χ2n) is 5.44. The number of anilines is 2. The summed E-state index contributed by atoms with van der Waals surface area (Å²) in [6.07, 6.45) is 0. The van der Waals surface area contributed by atoms with Crippen molar-refractivity contribution in [3.05, 3.63) is 77.1 Å². The molecule has 0 radical (unpaired) electrons. The van der Waals surface area contributed by atoms with Crippen molar-refractivity contribution < 1.29 is 9.50 Å². The molecule has 0 atom stereocenters. The van der Waals surface area contributed by atoms with Crippen LogP contribution in [0.25, 0.3) is 0 Å². The first-order chi connectivity index (χ1) is 12.0. The number of nitrogen functional groups attached to an aromatic ring is 1. The van der Waals surface area contributed by atoms with Crippen LogP contribution in [0, 0.1) is 5.82 Å². The van der Waals surface area contributed by atoms with Crippen LogP contribution in [0.15, 0.2) is 70.5 Å². The molecule has 0 amide bonds. The Bertz CT molecular complexity index is 887. The molecule has 0 saturated heterocycles. The van der Waals surface area contributed by atoms with Crippen LogP contribution in [0.3, 0.4) is 0 Å². The summed E-state index contributed by atoms with van der Waals surface area (Å²) in [5, 5.41) is 13.1. The zero-order valence-electron chi connectivity index (χ0n) is 13.2. The van der Waals surface area contributed by atoms with Gasteiger partial charge in [-0.2, -0.15) is 0 Å². The third-order valence-electron chi connectivity index (χ3n) is 3.56. The van der Waals surface area contributed by atoms with Gasteiger partial charge >= 0.3 is 0 Å². The van der Waals surface area contributed by atoms with E-state index in [-0.39, 0.29) is 5.75 Å². The van der Waals surface area contributed by atoms with Crippen LogP contribution in [-0.4, -0.2) is 5.11 Å². The van der Waals surface area contributed by atoms with Crippen LogP contribution < -0.4 is 11.1 Å². The van der Waals surface area contributed by atoms with E-state index in [0.717, 1.165) is 15.4 Å². The van der Waals surface area contributed by atoms with Crippen molar-refractivity contribution in [2.24, 2.45) is 0 Å². The average molecular weight is 375 g/mol. The third-order valence-corrected chi connectivity index (χ3v) is 4.93. The van der Waals surface area contributed by atoms with Crippen molar-refractivity contribution in [2.75, 3.05) is 11.1 Å². The second-order valence-corrected chi connectivity index (χ2v) is 6.99. The highest BCUT2D eigenvalue weighted by molar-refractivity contribution is 7.99. The zero-order valence-corrected chi connectivity index (χ0v) is 14.7. The molecule has 0 aliphatic rings. The van der Waals surface area contributed by atoms with Gasteiger partial charge in [0, 0.05) is 38.8 Å². The summed E-state index contributed by atoms with van der Waals surface area (Å²) in [7, 11) is 0. The number of phenols is 1. The van der Waals surface area contributed by atoms with E-state index in [0.29, 0.717) is 22.9 Å². The molecule has 0 fully saturated rings. The van der Waals surface area contributed by atoms with Gasteiger partial charge in [-0.25, -0.2) is 4.39 Å². The minimum atomic E-state index is -0.659. The van der Waals surface area contributed by atoms with Crippen LogP contribution in [0.4, 0.5) is 15.8 Å². The lowest BCUT2D eigenvalue weighted by molar-refractivity contribution is 0.432. The molecule has 0 aromatic heterocycles. The van der Waals surface area contributed by atoms with E-state index in [1.165, 1.54) is 12.1 Å². The second kappa shape index (κ2) is 7.68. The van der Waals surface area contributed by atoms with E-state index < -0.39 is 5.82 Å². The molecule has 0 heterocycles. The molecule has 0 aliphatic heterocycles. The lowest BCUT2D eigenvalue weighted by Gasteiger charge is -2.13. The summed E-state index contributed by atoms with van der Waals surface area (Å²) in [4.78, 5) is 2.11. The number of halogens is 2. The van der Waals surface area contributed by atoms with Crippen LogP contribution >= 0.6 is 23.4 Å². The fraction of sp³-hybridized carbons (Fsp3) is 0.0526. The number of nitrogens with one attached hydrogen (secondary N) is 1. The van der Waals surface area contributed by atoms with E-state index >= 15 is 0 Å². The van der Waals surface area contributed by atoms with Gasteiger partial charge < -0.3 is 16.2 Å². The molecule has 4 N–H and O–H groups in total. The number of benzene rings is 3. The lowest BCUT2D eigenvalue weighted by Crippen LogP contribution is -2.02. The van der Waals surface area contributed by atoms with Gasteiger partial charge in [-0.15, -0.1) is 0 Å². The van der Waals surface area contributed by atoms with Crippen LogP contribution in [0.1, 0.15) is 5.56 Å². The Balaban J connectivity index is 1.78. The van der Waals surface area contributed by atoms with Gasteiger partial charge in [-0.05, 0) is 60.2 Å². The Kier molecular flexibility index (Phi) is 5.36. The minimum absolute atomic E-state index is 0.367. The van der Waals surface area contributed by atoms with Gasteiger partial charge in [-0.3, -0.25) is 0 Å². The van der Waals surface area contributed by atoms with Crippen molar-refractivity contribution in [3.8, 4) is 5.75 Å². The fourth-order valence-electron chi connectivity index (χ4n) is 2.28. The molecule has 3 aromatic carbocycles. The molecule has 0 bridgehead atoms. The normalized spacial score (nSPS) is 10.6. The molecule has 25 heavy (non-hydrogen) atoms. The largest absolute Gasteiger partial charge is 0.505 e. The lowest BCUT2D eigenvalue weighted by atomic mass is 10.2. The van der Waals surface area contributed by atoms with Crippen LogP contribution in [-0.2, 0) is 6.54 Å². The maximum absolute atomic E-state index is 13.4. The number of rotatable bonds is 5. The molecule has 128 valence electrons. The van der Waals surface area contributed by atoms with Crippen molar-refractivity contribution in [1.82, 2.24) is 0 Å². The first-order valence-corrected chi connectivity index (χ1v) is 8.75. The summed E-state index contributed by atoms with van der Waals surface area (Å²) in [5.74, 6) is -1.03. The number of hydrogen-bond donors (Lipinski definition) is 3. The Morgan fingerprint density at radius 2 is 1.80 bits per heavy atom. The van der Waals surface area contributed by atoms with E-state index in [1.807, 2.05) is 42.5 Å². The van der Waals surface area contributed by atoms with Gasteiger partial charge in [0.05, 0.1) is 0 Å². The van der Waals surface area contributed by atoms with Crippen molar-refractivity contribution in [2.45, 2.75) is 16.3 Å². The first kappa shape index (κ1) is 17.5. The molecule has 3 rings (SSSR count). The molecule has 3 aromatic rings. The van der Waals surface area contributed by atoms with Gasteiger partial charge in [0.15, 0.2) is 11.6 Å². The summed E-state index contributed by atoms with van der Waals surface area (Å²) in [5.41, 5.74) is 8.14. The number of aromatic hydroxyl groups is 1. The molecule has 0 unspecified atom stereocenters. The SMILES string of the molecule is Nc1ccc(Sc2ccc(Cl)cc2)c(CNc2ccc(O)c(F)c2)c1. The average Bonchev–Trinajstić information content (AvgIpc) is 2.60. The Morgan fingerprint density at radius 3 is 2.52 bits per heavy atom. The van der Waals surface area contributed by atoms with Crippen LogP contribution in [0.5, 0.6) is 5.75 Å².